The lowest BCUT2D eigenvalue weighted by Crippen LogP contribution is -2.39. The number of benzene rings is 1. The van der Waals surface area contributed by atoms with E-state index in [-0.39, 0.29) is 5.92 Å². The number of nitrogens with zero attached hydrogens (tertiary/aromatic N) is 1. The number of carbonyl (C=O) groups excluding carboxylic acids is 2. The molecular formula is C18H26ClN3O4. The molecule has 0 saturated heterocycles. The predicted molar refractivity (Wildman–Crippen MR) is 102 cm³/mol. The highest BCUT2D eigenvalue weighted by atomic mass is 35.5. The number of ether oxygens (including phenoxy) is 2. The number of halogens is 1. The molecule has 0 saturated carbocycles. The van der Waals surface area contributed by atoms with E-state index in [1.54, 1.807) is 12.1 Å². The Bertz CT molecular complexity index is 648. The maximum atomic E-state index is 11.6. The van der Waals surface area contributed by atoms with Crippen molar-refractivity contribution in [3.63, 3.8) is 0 Å². The summed E-state index contributed by atoms with van der Waals surface area (Å²) in [6.45, 7) is 9.11. The van der Waals surface area contributed by atoms with E-state index in [0.717, 1.165) is 6.42 Å². The lowest BCUT2D eigenvalue weighted by molar-refractivity contribution is -0.139. The van der Waals surface area contributed by atoms with Gasteiger partial charge in [0.25, 0.3) is 0 Å². The lowest BCUT2D eigenvalue weighted by Gasteiger charge is -2.13. The van der Waals surface area contributed by atoms with Gasteiger partial charge in [-0.3, -0.25) is 9.59 Å². The quantitative estimate of drug-likeness (QED) is 0.390. The van der Waals surface area contributed by atoms with Crippen molar-refractivity contribution >= 4 is 29.6 Å². The third-order valence-corrected chi connectivity index (χ3v) is 3.32. The van der Waals surface area contributed by atoms with Crippen LogP contribution >= 0.6 is 11.6 Å². The Labute approximate surface area is 159 Å². The maximum absolute atomic E-state index is 11.6. The topological polar surface area (TPSA) is 89.0 Å². The van der Waals surface area contributed by atoms with E-state index in [2.05, 4.69) is 15.8 Å². The monoisotopic (exact) mass is 383 g/mol. The Morgan fingerprint density at radius 3 is 2.58 bits per heavy atom. The highest BCUT2D eigenvalue weighted by Crippen LogP contribution is 2.36. The minimum Gasteiger partial charge on any atom is -0.490 e. The minimum atomic E-state index is -0.832. The Hall–Kier alpha value is -2.28. The first-order valence-electron chi connectivity index (χ1n) is 8.59. The van der Waals surface area contributed by atoms with Crippen LogP contribution in [0.2, 0.25) is 5.02 Å². The molecule has 0 unspecified atom stereocenters. The second-order valence-electron chi connectivity index (χ2n) is 5.91. The average Bonchev–Trinajstić information content (AvgIpc) is 2.59. The summed E-state index contributed by atoms with van der Waals surface area (Å²) in [5, 5.41) is 6.67. The van der Waals surface area contributed by atoms with Gasteiger partial charge in [0.2, 0.25) is 0 Å². The fourth-order valence-corrected chi connectivity index (χ4v) is 2.14. The molecule has 0 aromatic heterocycles. The molecule has 0 aliphatic carbocycles. The van der Waals surface area contributed by atoms with Gasteiger partial charge in [0, 0.05) is 6.54 Å². The van der Waals surface area contributed by atoms with Gasteiger partial charge in [0.1, 0.15) is 0 Å². The van der Waals surface area contributed by atoms with E-state index in [0.29, 0.717) is 41.8 Å². The van der Waals surface area contributed by atoms with E-state index in [9.17, 15) is 9.59 Å². The highest BCUT2D eigenvalue weighted by molar-refractivity contribution is 6.35. The van der Waals surface area contributed by atoms with Gasteiger partial charge in [-0.15, -0.1) is 0 Å². The summed E-state index contributed by atoms with van der Waals surface area (Å²) in [5.74, 6) is -0.337. The Morgan fingerprint density at radius 1 is 1.23 bits per heavy atom. The van der Waals surface area contributed by atoms with E-state index in [1.165, 1.54) is 6.21 Å². The first-order valence-corrected chi connectivity index (χ1v) is 8.97. The molecule has 7 nitrogen and oxygen atoms in total. The third-order valence-electron chi connectivity index (χ3n) is 3.04. The second-order valence-corrected chi connectivity index (χ2v) is 6.32. The van der Waals surface area contributed by atoms with Crippen LogP contribution in [-0.4, -0.2) is 37.8 Å². The average molecular weight is 384 g/mol. The van der Waals surface area contributed by atoms with Crippen LogP contribution < -0.4 is 20.2 Å². The van der Waals surface area contributed by atoms with Gasteiger partial charge in [0.05, 0.1) is 24.5 Å². The van der Waals surface area contributed by atoms with Crippen LogP contribution in [0.25, 0.3) is 0 Å². The predicted octanol–water partition coefficient (Wildman–Crippen LogP) is 2.75. The van der Waals surface area contributed by atoms with Gasteiger partial charge in [0.15, 0.2) is 11.5 Å². The van der Waals surface area contributed by atoms with E-state index in [4.69, 9.17) is 21.1 Å². The zero-order valence-electron chi connectivity index (χ0n) is 15.6. The van der Waals surface area contributed by atoms with Crippen molar-refractivity contribution in [3.8, 4) is 11.5 Å². The van der Waals surface area contributed by atoms with E-state index in [1.807, 2.05) is 27.7 Å². The molecule has 0 spiro atoms. The van der Waals surface area contributed by atoms with Crippen molar-refractivity contribution in [1.29, 1.82) is 0 Å². The summed E-state index contributed by atoms with van der Waals surface area (Å²) in [5.41, 5.74) is 2.78. The molecule has 0 aliphatic heterocycles. The lowest BCUT2D eigenvalue weighted by atomic mass is 10.2. The molecule has 2 N–H and O–H groups in total. The van der Waals surface area contributed by atoms with Crippen molar-refractivity contribution < 1.29 is 19.1 Å². The number of amides is 2. The van der Waals surface area contributed by atoms with Crippen LogP contribution in [0.15, 0.2) is 17.2 Å². The highest BCUT2D eigenvalue weighted by Gasteiger charge is 2.13. The number of hydrogen-bond donors (Lipinski definition) is 2. The third kappa shape index (κ3) is 7.31. The molecule has 0 heterocycles. The molecule has 26 heavy (non-hydrogen) atoms. The van der Waals surface area contributed by atoms with Gasteiger partial charge in [-0.05, 0) is 37.0 Å². The van der Waals surface area contributed by atoms with E-state index < -0.39 is 11.8 Å². The van der Waals surface area contributed by atoms with Gasteiger partial charge in [-0.25, -0.2) is 5.43 Å². The summed E-state index contributed by atoms with van der Waals surface area (Å²) in [6.07, 6.45) is 2.22. The number of hydrogen-bond acceptors (Lipinski definition) is 5. The number of rotatable bonds is 9. The first kappa shape index (κ1) is 21.8. The van der Waals surface area contributed by atoms with Gasteiger partial charge in [-0.1, -0.05) is 32.4 Å². The summed E-state index contributed by atoms with van der Waals surface area (Å²) >= 11 is 6.25. The molecule has 1 rings (SSSR count). The molecule has 0 aliphatic rings. The normalized spacial score (nSPS) is 10.8. The molecular weight excluding hydrogens is 358 g/mol. The standard InChI is InChI=1S/C18H26ClN3O4/c1-5-7-26-16-14(19)8-13(9-15(16)25-6-2)11-21-22-18(24)17(23)20-10-12(3)4/h8-9,11-12H,5-7,10H2,1-4H3,(H,20,23)(H,22,24)/b21-11-. The summed E-state index contributed by atoms with van der Waals surface area (Å²) < 4.78 is 11.2. The molecule has 0 atom stereocenters. The Balaban J connectivity index is 2.78. The van der Waals surface area contributed by atoms with Gasteiger partial charge < -0.3 is 14.8 Å². The molecule has 1 aromatic carbocycles. The molecule has 8 heteroatoms. The fraction of sp³-hybridized carbons (Fsp3) is 0.500. The molecule has 0 radical (unpaired) electrons. The first-order chi connectivity index (χ1) is 12.4. The summed E-state index contributed by atoms with van der Waals surface area (Å²) in [7, 11) is 0. The summed E-state index contributed by atoms with van der Waals surface area (Å²) in [4.78, 5) is 23.2. The van der Waals surface area contributed by atoms with E-state index >= 15 is 0 Å². The van der Waals surface area contributed by atoms with Crippen LogP contribution in [0.4, 0.5) is 0 Å². The fourth-order valence-electron chi connectivity index (χ4n) is 1.86. The van der Waals surface area contributed by atoms with Crippen LogP contribution in [-0.2, 0) is 9.59 Å². The zero-order valence-corrected chi connectivity index (χ0v) is 16.4. The van der Waals surface area contributed by atoms with Gasteiger partial charge >= 0.3 is 11.8 Å². The summed E-state index contributed by atoms with van der Waals surface area (Å²) in [6, 6.07) is 3.35. The number of hydrazone groups is 1. The Morgan fingerprint density at radius 2 is 1.96 bits per heavy atom. The smallest absolute Gasteiger partial charge is 0.329 e. The SMILES string of the molecule is CCCOc1c(Cl)cc(/C=N\NC(=O)C(=O)NCC(C)C)cc1OCC. The van der Waals surface area contributed by atoms with Crippen LogP contribution in [0, 0.1) is 5.92 Å². The minimum absolute atomic E-state index is 0.253. The number of carbonyl (C=O) groups is 2. The zero-order chi connectivity index (χ0) is 19.5. The van der Waals surface area contributed by atoms with Crippen LogP contribution in [0.3, 0.4) is 0 Å². The van der Waals surface area contributed by atoms with Crippen molar-refractivity contribution in [2.24, 2.45) is 11.0 Å². The molecule has 1 aromatic rings. The van der Waals surface area contributed by atoms with Crippen molar-refractivity contribution in [2.45, 2.75) is 34.1 Å². The Kier molecular flexibility index (Phi) is 9.51. The second kappa shape index (κ2) is 11.4. The van der Waals surface area contributed by atoms with Crippen molar-refractivity contribution in [2.75, 3.05) is 19.8 Å². The van der Waals surface area contributed by atoms with Crippen LogP contribution in [0.5, 0.6) is 11.5 Å². The number of nitrogens with one attached hydrogen (secondary N) is 2. The maximum Gasteiger partial charge on any atom is 0.329 e. The molecule has 0 bridgehead atoms. The molecule has 2 amide bonds. The van der Waals surface area contributed by atoms with Crippen LogP contribution in [0.1, 0.15) is 39.7 Å². The van der Waals surface area contributed by atoms with Crippen molar-refractivity contribution in [3.05, 3.63) is 22.7 Å². The largest absolute Gasteiger partial charge is 0.490 e. The molecule has 144 valence electrons. The molecule has 0 fully saturated rings. The van der Waals surface area contributed by atoms with Crippen molar-refractivity contribution in [1.82, 2.24) is 10.7 Å². The van der Waals surface area contributed by atoms with Gasteiger partial charge in [-0.2, -0.15) is 5.10 Å².